The van der Waals surface area contributed by atoms with Crippen LogP contribution in [0.1, 0.15) is 52.0 Å². The molecule has 0 saturated heterocycles. The van der Waals surface area contributed by atoms with E-state index in [-0.39, 0.29) is 49.9 Å². The average Bonchev–Trinajstić information content (AvgIpc) is 2.83. The number of carbonyl (C=O) groups excluding carboxylic acids is 3. The molecule has 2 heterocycles. The zero-order valence-electron chi connectivity index (χ0n) is 21.9. The monoisotopic (exact) mass is 527 g/mol. The molecule has 1 aromatic carbocycles. The van der Waals surface area contributed by atoms with E-state index < -0.39 is 5.41 Å². The molecule has 2 aliphatic heterocycles. The van der Waals surface area contributed by atoms with Gasteiger partial charge in [-0.2, -0.15) is 0 Å². The summed E-state index contributed by atoms with van der Waals surface area (Å²) >= 11 is 0. The van der Waals surface area contributed by atoms with Crippen molar-refractivity contribution in [2.45, 2.75) is 52.9 Å². The van der Waals surface area contributed by atoms with Crippen LogP contribution in [-0.2, 0) is 25.5 Å². The molecule has 36 heavy (non-hydrogen) atoms. The van der Waals surface area contributed by atoms with Crippen LogP contribution in [0, 0.1) is 11.3 Å². The minimum absolute atomic E-state index is 0. The van der Waals surface area contributed by atoms with Gasteiger partial charge >= 0.3 is 5.97 Å². The second kappa shape index (κ2) is 16.3. The van der Waals surface area contributed by atoms with Gasteiger partial charge in [-0.1, -0.05) is 19.9 Å². The predicted octanol–water partition coefficient (Wildman–Crippen LogP) is 2.64. The molecular weight excluding hydrogens is 486 g/mol. The molecule has 2 aliphatic rings. The molecular formula is C26H42ClN3O6. The van der Waals surface area contributed by atoms with E-state index in [1.807, 2.05) is 12.1 Å². The molecule has 10 heteroatoms. The van der Waals surface area contributed by atoms with Crippen molar-refractivity contribution in [2.75, 3.05) is 46.5 Å². The fraction of sp³-hybridized carbons (Fsp3) is 0.654. The van der Waals surface area contributed by atoms with Gasteiger partial charge in [0.2, 0.25) is 5.91 Å². The molecule has 2 bridgehead atoms. The Hall–Kier alpha value is -2.52. The van der Waals surface area contributed by atoms with Gasteiger partial charge in [0.25, 0.3) is 5.91 Å². The number of benzene rings is 1. The molecule has 0 aliphatic carbocycles. The van der Waals surface area contributed by atoms with Crippen molar-refractivity contribution in [1.82, 2.24) is 16.0 Å². The lowest BCUT2D eigenvalue weighted by Crippen LogP contribution is -2.46. The maximum Gasteiger partial charge on any atom is 0.314 e. The van der Waals surface area contributed by atoms with Crippen LogP contribution in [-0.4, -0.2) is 64.3 Å². The molecule has 0 aromatic heterocycles. The van der Waals surface area contributed by atoms with Gasteiger partial charge in [0.15, 0.2) is 18.1 Å². The largest absolute Gasteiger partial charge is 0.493 e. The zero-order valence-corrected chi connectivity index (χ0v) is 22.8. The molecule has 3 rings (SSSR count). The number of halogens is 1. The summed E-state index contributed by atoms with van der Waals surface area (Å²) in [6, 6.07) is 5.42. The molecule has 0 fully saturated rings. The van der Waals surface area contributed by atoms with E-state index in [0.717, 1.165) is 12.0 Å². The number of esters is 1. The molecule has 1 atom stereocenters. The summed E-state index contributed by atoms with van der Waals surface area (Å²) in [6.45, 7) is 8.04. The third-order valence-corrected chi connectivity index (χ3v) is 6.04. The van der Waals surface area contributed by atoms with Gasteiger partial charge in [-0.05, 0) is 62.8 Å². The quantitative estimate of drug-likeness (QED) is 0.385. The summed E-state index contributed by atoms with van der Waals surface area (Å²) in [7, 11) is 1.53. The summed E-state index contributed by atoms with van der Waals surface area (Å²) in [6.07, 6.45) is 2.76. The van der Waals surface area contributed by atoms with Crippen molar-refractivity contribution in [2.24, 2.45) is 11.3 Å². The first-order valence-corrected chi connectivity index (χ1v) is 12.5. The number of hydrogen-bond acceptors (Lipinski definition) is 7. The highest BCUT2D eigenvalue weighted by atomic mass is 35.5. The van der Waals surface area contributed by atoms with E-state index in [4.69, 9.17) is 14.2 Å². The number of hydrogen-bond donors (Lipinski definition) is 3. The highest BCUT2D eigenvalue weighted by molar-refractivity contribution is 5.85. The summed E-state index contributed by atoms with van der Waals surface area (Å²) < 4.78 is 16.7. The number of ether oxygens (including phenoxy) is 3. The van der Waals surface area contributed by atoms with Crippen LogP contribution in [0.4, 0.5) is 0 Å². The van der Waals surface area contributed by atoms with E-state index >= 15 is 0 Å². The molecule has 204 valence electrons. The topological polar surface area (TPSA) is 115 Å². The molecule has 0 saturated carbocycles. The van der Waals surface area contributed by atoms with Crippen molar-refractivity contribution < 1.29 is 28.6 Å². The van der Waals surface area contributed by atoms with Crippen LogP contribution in [0.15, 0.2) is 18.2 Å². The number of methoxy groups -OCH3 is 1. The second-order valence-corrected chi connectivity index (χ2v) is 9.36. The van der Waals surface area contributed by atoms with Gasteiger partial charge in [-0.25, -0.2) is 0 Å². The molecule has 9 nitrogen and oxygen atoms in total. The Kier molecular flexibility index (Phi) is 14.2. The van der Waals surface area contributed by atoms with Gasteiger partial charge in [0.05, 0.1) is 19.1 Å². The predicted molar refractivity (Wildman–Crippen MR) is 141 cm³/mol. The smallest absolute Gasteiger partial charge is 0.314 e. The average molecular weight is 528 g/mol. The van der Waals surface area contributed by atoms with Crippen LogP contribution in [0.25, 0.3) is 0 Å². The van der Waals surface area contributed by atoms with E-state index in [1.54, 1.807) is 13.0 Å². The summed E-state index contributed by atoms with van der Waals surface area (Å²) in [4.78, 5) is 38.0. The summed E-state index contributed by atoms with van der Waals surface area (Å²) in [5.74, 6) is 0.656. The number of fused-ring (bicyclic) bond motifs is 16. The Morgan fingerprint density at radius 3 is 2.61 bits per heavy atom. The van der Waals surface area contributed by atoms with E-state index in [2.05, 4.69) is 29.8 Å². The Labute approximate surface area is 220 Å². The summed E-state index contributed by atoms with van der Waals surface area (Å²) in [5.41, 5.74) is -0.0588. The Balaban J connectivity index is 0.00000648. The van der Waals surface area contributed by atoms with Crippen LogP contribution < -0.4 is 25.4 Å². The number of carbonyl (C=O) groups is 3. The Bertz CT molecular complexity index is 851. The number of rotatable bonds is 6. The molecule has 0 spiro atoms. The number of amides is 2. The zero-order chi connectivity index (χ0) is 25.7. The van der Waals surface area contributed by atoms with Gasteiger partial charge < -0.3 is 30.2 Å². The van der Waals surface area contributed by atoms with Crippen molar-refractivity contribution in [3.63, 3.8) is 0 Å². The van der Waals surface area contributed by atoms with Crippen molar-refractivity contribution in [3.05, 3.63) is 23.8 Å². The maximum atomic E-state index is 13.3. The molecule has 1 aromatic rings. The highest BCUT2D eigenvalue weighted by Crippen LogP contribution is 2.35. The Morgan fingerprint density at radius 2 is 1.92 bits per heavy atom. The molecule has 0 radical (unpaired) electrons. The molecule has 1 unspecified atom stereocenters. The van der Waals surface area contributed by atoms with Crippen molar-refractivity contribution >= 4 is 30.2 Å². The second-order valence-electron chi connectivity index (χ2n) is 9.36. The lowest BCUT2D eigenvalue weighted by molar-refractivity contribution is -0.156. The van der Waals surface area contributed by atoms with Gasteiger partial charge in [-0.15, -0.1) is 12.4 Å². The highest BCUT2D eigenvalue weighted by Gasteiger charge is 2.40. The summed E-state index contributed by atoms with van der Waals surface area (Å²) in [5, 5.41) is 9.00. The number of nitrogens with one attached hydrogen (secondary N) is 3. The lowest BCUT2D eigenvalue weighted by atomic mass is 9.76. The van der Waals surface area contributed by atoms with Crippen LogP contribution in [0.5, 0.6) is 11.5 Å². The van der Waals surface area contributed by atoms with Gasteiger partial charge in [-0.3, -0.25) is 14.4 Å². The van der Waals surface area contributed by atoms with Crippen molar-refractivity contribution in [3.8, 4) is 11.5 Å². The molecule has 3 N–H and O–H groups in total. The van der Waals surface area contributed by atoms with E-state index in [9.17, 15) is 14.4 Å². The third-order valence-electron chi connectivity index (χ3n) is 6.04. The normalized spacial score (nSPS) is 20.0. The van der Waals surface area contributed by atoms with Gasteiger partial charge in [0, 0.05) is 26.1 Å². The lowest BCUT2D eigenvalue weighted by Gasteiger charge is -2.33. The van der Waals surface area contributed by atoms with Crippen molar-refractivity contribution in [1.29, 1.82) is 0 Å². The fourth-order valence-corrected chi connectivity index (χ4v) is 4.01. The first-order chi connectivity index (χ1) is 16.8. The van der Waals surface area contributed by atoms with Crippen LogP contribution in [0.3, 0.4) is 0 Å². The first kappa shape index (κ1) is 31.5. The van der Waals surface area contributed by atoms with Crippen LogP contribution in [0.2, 0.25) is 0 Å². The fourth-order valence-electron chi connectivity index (χ4n) is 4.01. The van der Waals surface area contributed by atoms with Crippen LogP contribution >= 0.6 is 12.4 Å². The Morgan fingerprint density at radius 1 is 1.14 bits per heavy atom. The minimum Gasteiger partial charge on any atom is -0.493 e. The molecule has 2 amide bonds. The standard InChI is InChI=1S/C26H41N3O6.ClH/c1-5-34-25(32)26(11-10-19(2)3)16-20-8-9-21(22(15-20)33-4)35-17-24(31)28-14-13-27-12-6-7-23(30)29-18-26;/h8-9,15,19,27H,5-7,10-14,16-18H2,1-4H3,(H,28,31)(H,29,30);1H. The van der Waals surface area contributed by atoms with E-state index in [1.165, 1.54) is 7.11 Å². The third kappa shape index (κ3) is 10.2. The SMILES string of the molecule is CCOC(=O)C1(CCC(C)C)CNC(=O)CCCNCCNC(=O)COc2ccc(cc2OC)C1.Cl. The first-order valence-electron chi connectivity index (χ1n) is 12.5. The van der Waals surface area contributed by atoms with Gasteiger partial charge in [0.1, 0.15) is 0 Å². The minimum atomic E-state index is -0.912. The maximum absolute atomic E-state index is 13.3. The van der Waals surface area contributed by atoms with E-state index in [0.29, 0.717) is 62.7 Å².